The van der Waals surface area contributed by atoms with Crippen molar-refractivity contribution >= 4 is 5.97 Å². The van der Waals surface area contributed by atoms with Crippen molar-refractivity contribution in [2.45, 2.75) is 70.7 Å². The van der Waals surface area contributed by atoms with E-state index in [0.29, 0.717) is 5.56 Å². The number of carbonyl (C=O) groups is 1. The molecule has 5 heteroatoms. The minimum Gasteiger partial charge on any atom is -0.465 e. The molecule has 0 radical (unpaired) electrons. The smallest absolute Gasteiger partial charge is 0.337 e. The molecule has 0 saturated heterocycles. The average molecular weight is 395 g/mol. The van der Waals surface area contributed by atoms with Gasteiger partial charge in [0, 0.05) is 27.2 Å². The van der Waals surface area contributed by atoms with Crippen LogP contribution in [0.3, 0.4) is 0 Å². The Balaban J connectivity index is 2.69. The Morgan fingerprint density at radius 3 is 1.96 bits per heavy atom. The van der Waals surface area contributed by atoms with Crippen molar-refractivity contribution in [3.8, 4) is 0 Å². The zero-order valence-corrected chi connectivity index (χ0v) is 18.3. The first-order valence-electron chi connectivity index (χ1n) is 10.4. The van der Waals surface area contributed by atoms with Crippen molar-refractivity contribution in [3.63, 3.8) is 0 Å². The quantitative estimate of drug-likeness (QED) is 0.227. The first kappa shape index (κ1) is 24.6. The molecule has 0 heterocycles. The Morgan fingerprint density at radius 1 is 0.857 bits per heavy atom. The van der Waals surface area contributed by atoms with Crippen LogP contribution in [-0.2, 0) is 25.4 Å². The topological polar surface area (TPSA) is 54.0 Å². The van der Waals surface area contributed by atoms with Crippen LogP contribution in [0, 0.1) is 5.92 Å². The van der Waals surface area contributed by atoms with Crippen LogP contribution in [0.15, 0.2) is 24.3 Å². The molecule has 1 aromatic carbocycles. The van der Waals surface area contributed by atoms with Gasteiger partial charge in [0.1, 0.15) is 0 Å². The fourth-order valence-electron chi connectivity index (χ4n) is 3.69. The van der Waals surface area contributed by atoms with E-state index in [2.05, 4.69) is 6.92 Å². The number of esters is 1. The number of aryl methyl sites for hydroxylation is 1. The summed E-state index contributed by atoms with van der Waals surface area (Å²) in [5, 5.41) is 0. The molecule has 1 unspecified atom stereocenters. The van der Waals surface area contributed by atoms with E-state index in [1.165, 1.54) is 39.2 Å². The van der Waals surface area contributed by atoms with Crippen molar-refractivity contribution in [2.75, 3.05) is 28.4 Å². The van der Waals surface area contributed by atoms with Gasteiger partial charge in [-0.25, -0.2) is 4.79 Å². The molecule has 28 heavy (non-hydrogen) atoms. The fourth-order valence-corrected chi connectivity index (χ4v) is 3.69. The number of hydrogen-bond acceptors (Lipinski definition) is 5. The molecule has 0 aromatic heterocycles. The lowest BCUT2D eigenvalue weighted by Gasteiger charge is -2.36. The van der Waals surface area contributed by atoms with E-state index in [1.807, 2.05) is 12.1 Å². The van der Waals surface area contributed by atoms with E-state index in [4.69, 9.17) is 18.9 Å². The summed E-state index contributed by atoms with van der Waals surface area (Å²) < 4.78 is 21.7. The Bertz CT molecular complexity index is 528. The normalized spacial score (nSPS) is 12.8. The molecular formula is C23H38O5. The highest BCUT2D eigenvalue weighted by molar-refractivity contribution is 5.89. The van der Waals surface area contributed by atoms with E-state index in [0.717, 1.165) is 31.2 Å². The molecular weight excluding hydrogens is 356 g/mol. The van der Waals surface area contributed by atoms with Crippen molar-refractivity contribution in [1.82, 2.24) is 0 Å². The first-order valence-corrected chi connectivity index (χ1v) is 10.4. The molecule has 1 rings (SSSR count). The van der Waals surface area contributed by atoms with Crippen molar-refractivity contribution < 1.29 is 23.7 Å². The van der Waals surface area contributed by atoms with Gasteiger partial charge >= 0.3 is 5.97 Å². The van der Waals surface area contributed by atoms with E-state index < -0.39 is 5.97 Å². The SMILES string of the molecule is CCCCCCCCC(CCc1ccc(C(=O)OC)cc1)C(OC)(OC)OC. The summed E-state index contributed by atoms with van der Waals surface area (Å²) in [5.41, 5.74) is 1.73. The average Bonchev–Trinajstić information content (AvgIpc) is 2.75. The summed E-state index contributed by atoms with van der Waals surface area (Å²) in [5.74, 6) is -1.21. The predicted octanol–water partition coefficient (Wildman–Crippen LogP) is 5.37. The molecule has 0 fully saturated rings. The molecule has 5 nitrogen and oxygen atoms in total. The van der Waals surface area contributed by atoms with Gasteiger partial charge in [-0.15, -0.1) is 0 Å². The van der Waals surface area contributed by atoms with Crippen molar-refractivity contribution in [3.05, 3.63) is 35.4 Å². The molecule has 0 N–H and O–H groups in total. The van der Waals surface area contributed by atoms with Gasteiger partial charge in [0.05, 0.1) is 12.7 Å². The van der Waals surface area contributed by atoms with Gasteiger partial charge in [0.25, 0.3) is 5.97 Å². The highest BCUT2D eigenvalue weighted by Gasteiger charge is 2.39. The van der Waals surface area contributed by atoms with Crippen molar-refractivity contribution in [2.24, 2.45) is 5.92 Å². The summed E-state index contributed by atoms with van der Waals surface area (Å²) in [6.45, 7) is 2.23. The van der Waals surface area contributed by atoms with Crippen LogP contribution in [0.25, 0.3) is 0 Å². The summed E-state index contributed by atoms with van der Waals surface area (Å²) in [6, 6.07) is 7.56. The van der Waals surface area contributed by atoms with Gasteiger partial charge in [-0.1, -0.05) is 57.6 Å². The summed E-state index contributed by atoms with van der Waals surface area (Å²) >= 11 is 0. The van der Waals surface area contributed by atoms with Crippen LogP contribution in [0.2, 0.25) is 0 Å². The summed E-state index contributed by atoms with van der Waals surface area (Å²) in [7, 11) is 6.29. The van der Waals surface area contributed by atoms with E-state index in [9.17, 15) is 4.79 Å². The lowest BCUT2D eigenvalue weighted by molar-refractivity contribution is -0.380. The zero-order valence-electron chi connectivity index (χ0n) is 18.3. The zero-order chi connectivity index (χ0) is 20.8. The number of hydrogen-bond donors (Lipinski definition) is 0. The molecule has 0 aliphatic carbocycles. The molecule has 0 aliphatic heterocycles. The minimum absolute atomic E-state index is 0.124. The molecule has 0 aliphatic rings. The Kier molecular flexibility index (Phi) is 12.0. The highest BCUT2D eigenvalue weighted by atomic mass is 16.9. The Morgan fingerprint density at radius 2 is 1.43 bits per heavy atom. The number of unbranched alkanes of at least 4 members (excludes halogenated alkanes) is 5. The second kappa shape index (κ2) is 13.7. The predicted molar refractivity (Wildman–Crippen MR) is 111 cm³/mol. The van der Waals surface area contributed by atoms with Crippen LogP contribution in [0.1, 0.15) is 74.2 Å². The second-order valence-electron chi connectivity index (χ2n) is 7.20. The largest absolute Gasteiger partial charge is 0.465 e. The van der Waals surface area contributed by atoms with Gasteiger partial charge < -0.3 is 18.9 Å². The Hall–Kier alpha value is -1.43. The van der Waals surface area contributed by atoms with Gasteiger partial charge in [-0.2, -0.15) is 0 Å². The first-order chi connectivity index (χ1) is 13.6. The monoisotopic (exact) mass is 394 g/mol. The number of ether oxygens (including phenoxy) is 4. The third kappa shape index (κ3) is 7.53. The van der Waals surface area contributed by atoms with E-state index >= 15 is 0 Å². The molecule has 1 aromatic rings. The number of methoxy groups -OCH3 is 4. The van der Waals surface area contributed by atoms with Gasteiger partial charge in [-0.3, -0.25) is 0 Å². The van der Waals surface area contributed by atoms with Crippen molar-refractivity contribution in [1.29, 1.82) is 0 Å². The number of benzene rings is 1. The standard InChI is InChI=1S/C23H38O5/c1-6-7-8-9-10-11-12-21(23(26-3,27-4)28-5)18-15-19-13-16-20(17-14-19)22(24)25-2/h13-14,16-17,21H,6-12,15,18H2,1-5H3. The number of rotatable bonds is 15. The highest BCUT2D eigenvalue weighted by Crippen LogP contribution is 2.32. The number of carbonyl (C=O) groups excluding carboxylic acids is 1. The molecule has 0 spiro atoms. The molecule has 0 bridgehead atoms. The van der Waals surface area contributed by atoms with Crippen LogP contribution in [0.5, 0.6) is 0 Å². The second-order valence-corrected chi connectivity index (χ2v) is 7.20. The maximum Gasteiger partial charge on any atom is 0.337 e. The van der Waals surface area contributed by atoms with E-state index in [-0.39, 0.29) is 11.9 Å². The summed E-state index contributed by atoms with van der Waals surface area (Å²) in [6.07, 6.45) is 10.2. The van der Waals surface area contributed by atoms with Gasteiger partial charge in [0.2, 0.25) is 0 Å². The van der Waals surface area contributed by atoms with Crippen LogP contribution < -0.4 is 0 Å². The van der Waals surface area contributed by atoms with E-state index in [1.54, 1.807) is 33.5 Å². The van der Waals surface area contributed by atoms with Crippen LogP contribution in [0.4, 0.5) is 0 Å². The summed E-state index contributed by atoms with van der Waals surface area (Å²) in [4.78, 5) is 11.6. The maximum atomic E-state index is 11.6. The fraction of sp³-hybridized carbons (Fsp3) is 0.696. The molecule has 160 valence electrons. The molecule has 0 amide bonds. The third-order valence-electron chi connectivity index (χ3n) is 5.42. The lowest BCUT2D eigenvalue weighted by atomic mass is 9.91. The van der Waals surface area contributed by atoms with Gasteiger partial charge in [-0.05, 0) is 37.0 Å². The van der Waals surface area contributed by atoms with Crippen LogP contribution >= 0.6 is 0 Å². The van der Waals surface area contributed by atoms with Crippen LogP contribution in [-0.4, -0.2) is 40.4 Å². The molecule has 1 atom stereocenters. The maximum absolute atomic E-state index is 11.6. The molecule has 0 saturated carbocycles. The lowest BCUT2D eigenvalue weighted by Crippen LogP contribution is -2.44. The third-order valence-corrected chi connectivity index (χ3v) is 5.42. The minimum atomic E-state index is -1.02. The van der Waals surface area contributed by atoms with Gasteiger partial charge in [0.15, 0.2) is 0 Å². The Labute approximate surface area is 170 Å².